The predicted octanol–water partition coefficient (Wildman–Crippen LogP) is 1.21. The van der Waals surface area contributed by atoms with Crippen LogP contribution in [0, 0.1) is 0 Å². The van der Waals surface area contributed by atoms with E-state index in [-0.39, 0.29) is 22.6 Å². The van der Waals surface area contributed by atoms with E-state index >= 15 is 0 Å². The van der Waals surface area contributed by atoms with Crippen LogP contribution in [-0.4, -0.2) is 54.1 Å². The summed E-state index contributed by atoms with van der Waals surface area (Å²) in [5.41, 5.74) is 5.94. The zero-order valence-electron chi connectivity index (χ0n) is 15.7. The van der Waals surface area contributed by atoms with Gasteiger partial charge < -0.3 is 21.1 Å². The number of pyridine rings is 1. The van der Waals surface area contributed by atoms with Crippen LogP contribution in [0.15, 0.2) is 18.3 Å². The van der Waals surface area contributed by atoms with E-state index in [1.807, 2.05) is 0 Å². The summed E-state index contributed by atoms with van der Waals surface area (Å²) >= 11 is 1.000. The molecular formula is C17H22N6O4S. The quantitative estimate of drug-likeness (QED) is 0.518. The zero-order chi connectivity index (χ0) is 20.7. The second-order valence-corrected chi connectivity index (χ2v) is 6.81. The van der Waals surface area contributed by atoms with Gasteiger partial charge in [0.1, 0.15) is 15.7 Å². The Morgan fingerprint density at radius 1 is 1.32 bits per heavy atom. The highest BCUT2D eigenvalue weighted by atomic mass is 32.1. The highest BCUT2D eigenvalue weighted by molar-refractivity contribution is 7.17. The highest BCUT2D eigenvalue weighted by Gasteiger charge is 2.23. The summed E-state index contributed by atoms with van der Waals surface area (Å²) in [4.78, 5) is 44.2. The molecule has 28 heavy (non-hydrogen) atoms. The minimum absolute atomic E-state index is 0.0417. The SMILES string of the molecule is CCNC(=O)Nc1ccc(-c2nc(C(=O)N[C@@H](C)COC)c(C(N)=O)s2)cn1. The number of methoxy groups -OCH3 is 1. The second kappa shape index (κ2) is 9.76. The first-order valence-electron chi connectivity index (χ1n) is 8.47. The Kier molecular flexibility index (Phi) is 7.41. The summed E-state index contributed by atoms with van der Waals surface area (Å²) < 4.78 is 4.98. The molecule has 0 aromatic carbocycles. The van der Waals surface area contributed by atoms with Crippen molar-refractivity contribution >= 4 is 35.0 Å². The average Bonchev–Trinajstić information content (AvgIpc) is 3.08. The number of nitrogens with one attached hydrogen (secondary N) is 3. The van der Waals surface area contributed by atoms with Crippen molar-refractivity contribution in [2.24, 2.45) is 5.73 Å². The van der Waals surface area contributed by atoms with Crippen LogP contribution in [0.5, 0.6) is 0 Å². The van der Waals surface area contributed by atoms with Gasteiger partial charge in [0.2, 0.25) is 0 Å². The molecule has 0 unspecified atom stereocenters. The number of aromatic nitrogens is 2. The molecule has 0 saturated carbocycles. The molecule has 0 aliphatic carbocycles. The van der Waals surface area contributed by atoms with Crippen LogP contribution in [0.25, 0.3) is 10.6 Å². The number of nitrogens with zero attached hydrogens (tertiary/aromatic N) is 2. The van der Waals surface area contributed by atoms with Gasteiger partial charge in [0.25, 0.3) is 11.8 Å². The number of hydrogen-bond acceptors (Lipinski definition) is 7. The lowest BCUT2D eigenvalue weighted by atomic mass is 10.2. The van der Waals surface area contributed by atoms with Gasteiger partial charge in [-0.2, -0.15) is 0 Å². The number of amides is 4. The van der Waals surface area contributed by atoms with Gasteiger partial charge in [-0.05, 0) is 26.0 Å². The molecule has 0 radical (unpaired) electrons. The minimum atomic E-state index is -0.740. The number of urea groups is 1. The summed E-state index contributed by atoms with van der Waals surface area (Å²) in [6, 6.07) is 2.64. The second-order valence-electron chi connectivity index (χ2n) is 5.81. The van der Waals surface area contributed by atoms with Crippen LogP contribution < -0.4 is 21.7 Å². The zero-order valence-corrected chi connectivity index (χ0v) is 16.6. The summed E-state index contributed by atoms with van der Waals surface area (Å²) in [5, 5.41) is 8.29. The molecule has 10 nitrogen and oxygen atoms in total. The third-order valence-electron chi connectivity index (χ3n) is 3.45. The van der Waals surface area contributed by atoms with Gasteiger partial charge in [0.15, 0.2) is 5.69 Å². The maximum absolute atomic E-state index is 12.4. The van der Waals surface area contributed by atoms with Crippen LogP contribution in [-0.2, 0) is 4.74 Å². The molecule has 4 amide bonds. The molecular weight excluding hydrogens is 384 g/mol. The van der Waals surface area contributed by atoms with Gasteiger partial charge in [0.05, 0.1) is 6.61 Å². The Labute approximate surface area is 165 Å². The first-order chi connectivity index (χ1) is 13.3. The van der Waals surface area contributed by atoms with Gasteiger partial charge in [-0.3, -0.25) is 14.9 Å². The monoisotopic (exact) mass is 406 g/mol. The Morgan fingerprint density at radius 3 is 2.64 bits per heavy atom. The molecule has 2 aromatic heterocycles. The average molecular weight is 406 g/mol. The van der Waals surface area contributed by atoms with Crippen molar-refractivity contribution in [1.82, 2.24) is 20.6 Å². The van der Waals surface area contributed by atoms with Crippen molar-refractivity contribution in [3.8, 4) is 10.6 Å². The molecule has 0 fully saturated rings. The van der Waals surface area contributed by atoms with E-state index in [2.05, 4.69) is 25.9 Å². The van der Waals surface area contributed by atoms with Gasteiger partial charge in [0, 0.05) is 31.5 Å². The number of anilines is 1. The van der Waals surface area contributed by atoms with Crippen molar-refractivity contribution in [2.75, 3.05) is 25.6 Å². The largest absolute Gasteiger partial charge is 0.383 e. The lowest BCUT2D eigenvalue weighted by Gasteiger charge is -2.11. The van der Waals surface area contributed by atoms with Crippen LogP contribution in [0.2, 0.25) is 0 Å². The number of hydrogen-bond donors (Lipinski definition) is 4. The summed E-state index contributed by atoms with van der Waals surface area (Å²) in [5.74, 6) is -0.896. The molecule has 11 heteroatoms. The van der Waals surface area contributed by atoms with E-state index in [0.29, 0.717) is 29.5 Å². The number of primary amides is 1. The molecule has 150 valence electrons. The highest BCUT2D eigenvalue weighted by Crippen LogP contribution is 2.28. The van der Waals surface area contributed by atoms with Gasteiger partial charge in [-0.15, -0.1) is 11.3 Å². The van der Waals surface area contributed by atoms with Crippen LogP contribution in [0.4, 0.5) is 10.6 Å². The maximum Gasteiger partial charge on any atom is 0.320 e. The van der Waals surface area contributed by atoms with Crippen LogP contribution >= 0.6 is 11.3 Å². The topological polar surface area (TPSA) is 148 Å². The Hall–Kier alpha value is -3.05. The number of ether oxygens (including phenoxy) is 1. The molecule has 5 N–H and O–H groups in total. The number of carbonyl (C=O) groups excluding carboxylic acids is 3. The molecule has 2 aromatic rings. The third-order valence-corrected chi connectivity index (χ3v) is 4.57. The van der Waals surface area contributed by atoms with E-state index in [0.717, 1.165) is 11.3 Å². The summed E-state index contributed by atoms with van der Waals surface area (Å²) in [6.07, 6.45) is 1.49. The number of carbonyl (C=O) groups is 3. The fourth-order valence-corrected chi connectivity index (χ4v) is 3.17. The lowest BCUT2D eigenvalue weighted by molar-refractivity contribution is 0.0891. The summed E-state index contributed by atoms with van der Waals surface area (Å²) in [6.45, 7) is 4.38. The smallest absolute Gasteiger partial charge is 0.320 e. The molecule has 2 heterocycles. The number of nitrogens with two attached hydrogens (primary N) is 1. The van der Waals surface area contributed by atoms with Gasteiger partial charge >= 0.3 is 6.03 Å². The molecule has 0 saturated heterocycles. The van der Waals surface area contributed by atoms with Crippen molar-refractivity contribution in [3.05, 3.63) is 28.9 Å². The van der Waals surface area contributed by atoms with Crippen LogP contribution in [0.1, 0.15) is 34.0 Å². The van der Waals surface area contributed by atoms with E-state index in [1.54, 1.807) is 26.0 Å². The Morgan fingerprint density at radius 2 is 2.07 bits per heavy atom. The summed E-state index contributed by atoms with van der Waals surface area (Å²) in [7, 11) is 1.52. The standard InChI is InChI=1S/C17H22N6O4S/c1-4-19-17(26)22-11-6-5-10(7-20-11)16-23-12(13(28-16)14(18)24)15(25)21-9(2)8-27-3/h5-7,9H,4,8H2,1-3H3,(H2,18,24)(H,21,25)(H2,19,20,22,26)/t9-/m0/s1. The molecule has 0 aliphatic heterocycles. The predicted molar refractivity (Wildman–Crippen MR) is 105 cm³/mol. The fraction of sp³-hybridized carbons (Fsp3) is 0.353. The maximum atomic E-state index is 12.4. The van der Waals surface area contributed by atoms with E-state index in [1.165, 1.54) is 13.3 Å². The molecule has 0 aliphatic rings. The van der Waals surface area contributed by atoms with Gasteiger partial charge in [-0.25, -0.2) is 14.8 Å². The Bertz CT molecular complexity index is 852. The normalized spacial score (nSPS) is 11.5. The minimum Gasteiger partial charge on any atom is -0.383 e. The van der Waals surface area contributed by atoms with Crippen molar-refractivity contribution in [1.29, 1.82) is 0 Å². The van der Waals surface area contributed by atoms with Gasteiger partial charge in [-0.1, -0.05) is 0 Å². The van der Waals surface area contributed by atoms with Crippen LogP contribution in [0.3, 0.4) is 0 Å². The fourth-order valence-electron chi connectivity index (χ4n) is 2.26. The number of thiazole rings is 1. The van der Waals surface area contributed by atoms with E-state index in [9.17, 15) is 14.4 Å². The van der Waals surface area contributed by atoms with E-state index < -0.39 is 11.8 Å². The van der Waals surface area contributed by atoms with Crippen molar-refractivity contribution < 1.29 is 19.1 Å². The molecule has 1 atom stereocenters. The molecule has 0 spiro atoms. The third kappa shape index (κ3) is 5.47. The molecule has 2 rings (SSSR count). The van der Waals surface area contributed by atoms with Crippen molar-refractivity contribution in [3.63, 3.8) is 0 Å². The van der Waals surface area contributed by atoms with E-state index in [4.69, 9.17) is 10.5 Å². The Balaban J connectivity index is 2.23. The number of rotatable bonds is 8. The lowest BCUT2D eigenvalue weighted by Crippen LogP contribution is -2.36. The first kappa shape index (κ1) is 21.3. The first-order valence-corrected chi connectivity index (χ1v) is 9.29. The van der Waals surface area contributed by atoms with Crippen molar-refractivity contribution in [2.45, 2.75) is 19.9 Å². The molecule has 0 bridgehead atoms.